The standard InChI is InChI=1S/C20H26N4O2.HI/c1-4-22-20(23-13-15-5-9-17(10-6-15)19(21)25)24(2)14-16-7-11-18(26-3)12-8-16;/h5-12H,4,13-14H2,1-3H3,(H2,21,25)(H,22,23);1H. The molecule has 3 N–H and O–H groups in total. The second kappa shape index (κ2) is 11.4. The number of nitrogens with two attached hydrogens (primary N) is 1. The van der Waals surface area contributed by atoms with Crippen molar-refractivity contribution in [2.75, 3.05) is 20.7 Å². The lowest BCUT2D eigenvalue weighted by Crippen LogP contribution is -2.38. The summed E-state index contributed by atoms with van der Waals surface area (Å²) in [5, 5.41) is 3.30. The van der Waals surface area contributed by atoms with Gasteiger partial charge in [0.15, 0.2) is 5.96 Å². The van der Waals surface area contributed by atoms with E-state index < -0.39 is 5.91 Å². The highest BCUT2D eigenvalue weighted by atomic mass is 127. The zero-order chi connectivity index (χ0) is 18.9. The van der Waals surface area contributed by atoms with Gasteiger partial charge >= 0.3 is 0 Å². The van der Waals surface area contributed by atoms with Gasteiger partial charge in [0.05, 0.1) is 13.7 Å². The van der Waals surface area contributed by atoms with E-state index in [1.807, 2.05) is 50.4 Å². The third kappa shape index (κ3) is 7.09. The number of primary amides is 1. The SMILES string of the molecule is CCNC(=NCc1ccc(C(N)=O)cc1)N(C)Cc1ccc(OC)cc1.I. The second-order valence-corrected chi connectivity index (χ2v) is 5.94. The summed E-state index contributed by atoms with van der Waals surface area (Å²) in [6.07, 6.45) is 0. The van der Waals surface area contributed by atoms with E-state index in [4.69, 9.17) is 10.5 Å². The number of hydrogen-bond donors (Lipinski definition) is 2. The molecule has 0 aliphatic heterocycles. The fraction of sp³-hybridized carbons (Fsp3) is 0.300. The summed E-state index contributed by atoms with van der Waals surface area (Å²) >= 11 is 0. The number of rotatable bonds is 7. The summed E-state index contributed by atoms with van der Waals surface area (Å²) in [5.41, 5.74) is 7.95. The van der Waals surface area contributed by atoms with Crippen molar-refractivity contribution < 1.29 is 9.53 Å². The number of carbonyl (C=O) groups is 1. The number of hydrogen-bond acceptors (Lipinski definition) is 3. The number of carbonyl (C=O) groups excluding carboxylic acids is 1. The van der Waals surface area contributed by atoms with Crippen LogP contribution < -0.4 is 15.8 Å². The van der Waals surface area contributed by atoms with Gasteiger partial charge in [0.25, 0.3) is 0 Å². The van der Waals surface area contributed by atoms with Gasteiger partial charge in [-0.1, -0.05) is 24.3 Å². The predicted molar refractivity (Wildman–Crippen MR) is 120 cm³/mol. The van der Waals surface area contributed by atoms with Gasteiger partial charge in [-0.25, -0.2) is 4.99 Å². The Kier molecular flexibility index (Phi) is 9.63. The van der Waals surface area contributed by atoms with Crippen molar-refractivity contribution in [3.63, 3.8) is 0 Å². The average Bonchev–Trinajstić information content (AvgIpc) is 2.66. The topological polar surface area (TPSA) is 79.9 Å². The van der Waals surface area contributed by atoms with Crippen molar-refractivity contribution in [2.45, 2.75) is 20.0 Å². The molecule has 0 unspecified atom stereocenters. The lowest BCUT2D eigenvalue weighted by atomic mass is 10.1. The van der Waals surface area contributed by atoms with Gasteiger partial charge in [-0.15, -0.1) is 24.0 Å². The molecule has 0 atom stereocenters. The Balaban J connectivity index is 0.00000364. The molecule has 6 nitrogen and oxygen atoms in total. The summed E-state index contributed by atoms with van der Waals surface area (Å²) in [7, 11) is 3.66. The summed E-state index contributed by atoms with van der Waals surface area (Å²) in [6, 6.07) is 15.2. The number of guanidine groups is 1. The highest BCUT2D eigenvalue weighted by Crippen LogP contribution is 2.13. The molecule has 0 radical (unpaired) electrons. The molecular formula is C20H27IN4O2. The number of nitrogens with one attached hydrogen (secondary N) is 1. The van der Waals surface area contributed by atoms with Crippen molar-refractivity contribution in [3.05, 3.63) is 65.2 Å². The molecule has 0 heterocycles. The van der Waals surface area contributed by atoms with E-state index in [2.05, 4.69) is 15.2 Å². The molecule has 27 heavy (non-hydrogen) atoms. The monoisotopic (exact) mass is 482 g/mol. The minimum Gasteiger partial charge on any atom is -0.497 e. The highest BCUT2D eigenvalue weighted by Gasteiger charge is 2.07. The molecule has 0 aliphatic rings. The summed E-state index contributed by atoms with van der Waals surface area (Å²) in [5.74, 6) is 1.24. The Labute approximate surface area is 177 Å². The number of methoxy groups -OCH3 is 1. The van der Waals surface area contributed by atoms with Gasteiger partial charge in [0.1, 0.15) is 5.75 Å². The fourth-order valence-electron chi connectivity index (χ4n) is 2.49. The molecule has 146 valence electrons. The fourth-order valence-corrected chi connectivity index (χ4v) is 2.49. The Bertz CT molecular complexity index is 746. The summed E-state index contributed by atoms with van der Waals surface area (Å²) in [4.78, 5) is 17.9. The first-order valence-electron chi connectivity index (χ1n) is 8.54. The normalized spacial score (nSPS) is 10.7. The van der Waals surface area contributed by atoms with Gasteiger partial charge in [0, 0.05) is 25.7 Å². The summed E-state index contributed by atoms with van der Waals surface area (Å²) in [6.45, 7) is 4.08. The van der Waals surface area contributed by atoms with E-state index >= 15 is 0 Å². The van der Waals surface area contributed by atoms with E-state index in [0.29, 0.717) is 12.1 Å². The van der Waals surface area contributed by atoms with Crippen LogP contribution in [0.5, 0.6) is 5.75 Å². The second-order valence-electron chi connectivity index (χ2n) is 5.94. The predicted octanol–water partition coefficient (Wildman–Crippen LogP) is 3.01. The van der Waals surface area contributed by atoms with Gasteiger partial charge in [-0.3, -0.25) is 4.79 Å². The first kappa shape index (κ1) is 22.8. The molecule has 0 saturated carbocycles. The highest BCUT2D eigenvalue weighted by molar-refractivity contribution is 14.0. The van der Waals surface area contributed by atoms with Crippen LogP contribution in [0.2, 0.25) is 0 Å². The molecule has 7 heteroatoms. The number of halogens is 1. The number of aliphatic imine (C=N–C) groups is 1. The molecule has 0 saturated heterocycles. The molecule has 0 aromatic heterocycles. The maximum atomic E-state index is 11.1. The number of amides is 1. The molecule has 0 bridgehead atoms. The molecule has 1 amide bonds. The zero-order valence-corrected chi connectivity index (χ0v) is 18.3. The van der Waals surface area contributed by atoms with E-state index in [1.54, 1.807) is 19.2 Å². The third-order valence-corrected chi connectivity index (χ3v) is 3.93. The van der Waals surface area contributed by atoms with E-state index in [1.165, 1.54) is 5.56 Å². The molecular weight excluding hydrogens is 455 g/mol. The Morgan fingerprint density at radius 2 is 1.70 bits per heavy atom. The van der Waals surface area contributed by atoms with Crippen LogP contribution in [0.1, 0.15) is 28.4 Å². The molecule has 2 aromatic rings. The maximum Gasteiger partial charge on any atom is 0.248 e. The lowest BCUT2D eigenvalue weighted by Gasteiger charge is -2.22. The number of benzene rings is 2. The van der Waals surface area contributed by atoms with E-state index in [-0.39, 0.29) is 24.0 Å². The van der Waals surface area contributed by atoms with Gasteiger partial charge < -0.3 is 20.7 Å². The largest absolute Gasteiger partial charge is 0.497 e. The Morgan fingerprint density at radius 3 is 2.22 bits per heavy atom. The van der Waals surface area contributed by atoms with Crippen LogP contribution in [0.15, 0.2) is 53.5 Å². The van der Waals surface area contributed by atoms with Crippen LogP contribution in [-0.2, 0) is 13.1 Å². The maximum absolute atomic E-state index is 11.1. The Morgan fingerprint density at radius 1 is 1.11 bits per heavy atom. The first-order chi connectivity index (χ1) is 12.5. The van der Waals surface area contributed by atoms with Crippen LogP contribution in [-0.4, -0.2) is 37.5 Å². The van der Waals surface area contributed by atoms with Crippen LogP contribution in [0.4, 0.5) is 0 Å². The number of ether oxygens (including phenoxy) is 1. The first-order valence-corrected chi connectivity index (χ1v) is 8.54. The average molecular weight is 482 g/mol. The van der Waals surface area contributed by atoms with Crippen LogP contribution in [0.3, 0.4) is 0 Å². The minimum absolute atomic E-state index is 0. The molecule has 0 spiro atoms. The lowest BCUT2D eigenvalue weighted by molar-refractivity contribution is 0.100. The van der Waals surface area contributed by atoms with Crippen molar-refractivity contribution >= 4 is 35.8 Å². The van der Waals surface area contributed by atoms with Crippen LogP contribution in [0, 0.1) is 0 Å². The molecule has 0 fully saturated rings. The number of nitrogens with zero attached hydrogens (tertiary/aromatic N) is 2. The molecule has 0 aliphatic carbocycles. The van der Waals surface area contributed by atoms with Crippen LogP contribution >= 0.6 is 24.0 Å². The smallest absolute Gasteiger partial charge is 0.248 e. The minimum atomic E-state index is -0.424. The van der Waals surface area contributed by atoms with Gasteiger partial charge in [0.2, 0.25) is 5.91 Å². The van der Waals surface area contributed by atoms with E-state index in [9.17, 15) is 4.79 Å². The van der Waals surface area contributed by atoms with Crippen molar-refractivity contribution in [3.8, 4) is 5.75 Å². The van der Waals surface area contributed by atoms with Crippen LogP contribution in [0.25, 0.3) is 0 Å². The third-order valence-electron chi connectivity index (χ3n) is 3.93. The Hall–Kier alpha value is -2.29. The van der Waals surface area contributed by atoms with Gasteiger partial charge in [-0.05, 0) is 42.3 Å². The molecule has 2 rings (SSSR count). The van der Waals surface area contributed by atoms with E-state index in [0.717, 1.165) is 30.4 Å². The quantitative estimate of drug-likeness (QED) is 0.361. The van der Waals surface area contributed by atoms with Gasteiger partial charge in [-0.2, -0.15) is 0 Å². The van der Waals surface area contributed by atoms with Crippen molar-refractivity contribution in [2.24, 2.45) is 10.7 Å². The van der Waals surface area contributed by atoms with Crippen molar-refractivity contribution in [1.29, 1.82) is 0 Å². The van der Waals surface area contributed by atoms with Crippen molar-refractivity contribution in [1.82, 2.24) is 10.2 Å². The summed E-state index contributed by atoms with van der Waals surface area (Å²) < 4.78 is 5.19. The zero-order valence-electron chi connectivity index (χ0n) is 15.9. The molecule has 2 aromatic carbocycles.